The molecule has 0 spiro atoms. The van der Waals surface area contributed by atoms with Crippen LogP contribution in [0.5, 0.6) is 0 Å². The molecule has 0 radical (unpaired) electrons. The van der Waals surface area contributed by atoms with E-state index in [0.717, 1.165) is 32.2 Å². The number of carbonyl (C=O) groups excluding carboxylic acids is 1. The summed E-state index contributed by atoms with van der Waals surface area (Å²) in [4.78, 5) is 11.2. The smallest absolute Gasteiger partial charge is 0.220 e. The van der Waals surface area contributed by atoms with E-state index in [2.05, 4.69) is 5.32 Å². The molecule has 1 amide bonds. The molecule has 4 N–H and O–H groups in total. The van der Waals surface area contributed by atoms with Crippen LogP contribution in [0.1, 0.15) is 39.0 Å². The average molecular weight is 202 g/mol. The summed E-state index contributed by atoms with van der Waals surface area (Å²) in [6.07, 6.45) is 4.64. The SMILES string of the molecule is C[C@H](CO)NC(=O)CCCCCCN. The first-order chi connectivity index (χ1) is 6.70. The molecule has 0 aliphatic carbocycles. The quantitative estimate of drug-likeness (QED) is 0.498. The van der Waals surface area contributed by atoms with E-state index in [1.807, 2.05) is 0 Å². The number of nitrogens with two attached hydrogens (primary N) is 1. The maximum absolute atomic E-state index is 11.2. The van der Waals surface area contributed by atoms with E-state index in [0.29, 0.717) is 6.42 Å². The Kier molecular flexibility index (Phi) is 8.57. The van der Waals surface area contributed by atoms with Crippen LogP contribution in [0.4, 0.5) is 0 Å². The summed E-state index contributed by atoms with van der Waals surface area (Å²) in [7, 11) is 0. The fourth-order valence-corrected chi connectivity index (χ4v) is 1.18. The normalized spacial score (nSPS) is 12.5. The third kappa shape index (κ3) is 8.01. The topological polar surface area (TPSA) is 75.3 Å². The van der Waals surface area contributed by atoms with Crippen molar-refractivity contribution in [2.45, 2.75) is 45.1 Å². The highest BCUT2D eigenvalue weighted by molar-refractivity contribution is 5.76. The molecule has 0 aromatic rings. The zero-order chi connectivity index (χ0) is 10.8. The monoisotopic (exact) mass is 202 g/mol. The molecule has 0 heterocycles. The lowest BCUT2D eigenvalue weighted by molar-refractivity contribution is -0.122. The van der Waals surface area contributed by atoms with Gasteiger partial charge in [0.05, 0.1) is 6.61 Å². The maximum Gasteiger partial charge on any atom is 0.220 e. The average Bonchev–Trinajstić information content (AvgIpc) is 2.17. The molecule has 4 heteroatoms. The molecule has 0 bridgehead atoms. The zero-order valence-corrected chi connectivity index (χ0v) is 8.96. The first-order valence-corrected chi connectivity index (χ1v) is 5.31. The van der Waals surface area contributed by atoms with Gasteiger partial charge < -0.3 is 16.2 Å². The van der Waals surface area contributed by atoms with Crippen molar-refractivity contribution in [2.24, 2.45) is 5.73 Å². The van der Waals surface area contributed by atoms with Gasteiger partial charge in [-0.15, -0.1) is 0 Å². The van der Waals surface area contributed by atoms with Crippen LogP contribution in [0.3, 0.4) is 0 Å². The van der Waals surface area contributed by atoms with E-state index < -0.39 is 0 Å². The second-order valence-corrected chi connectivity index (χ2v) is 3.60. The number of carbonyl (C=O) groups is 1. The van der Waals surface area contributed by atoms with Crippen LogP contribution in [0.2, 0.25) is 0 Å². The number of hydrogen-bond acceptors (Lipinski definition) is 3. The van der Waals surface area contributed by atoms with Crippen molar-refractivity contribution < 1.29 is 9.90 Å². The van der Waals surface area contributed by atoms with Crippen molar-refractivity contribution in [1.29, 1.82) is 0 Å². The molecule has 0 unspecified atom stereocenters. The second kappa shape index (κ2) is 8.97. The molecule has 0 aromatic heterocycles. The zero-order valence-electron chi connectivity index (χ0n) is 8.96. The number of aliphatic hydroxyl groups excluding tert-OH is 1. The Morgan fingerprint density at radius 3 is 2.57 bits per heavy atom. The summed E-state index contributed by atoms with van der Waals surface area (Å²) >= 11 is 0. The van der Waals surface area contributed by atoms with Crippen LogP contribution in [0.25, 0.3) is 0 Å². The molecule has 0 rings (SSSR count). The molecule has 4 nitrogen and oxygen atoms in total. The van der Waals surface area contributed by atoms with Crippen LogP contribution < -0.4 is 11.1 Å². The molecule has 0 fully saturated rings. The lowest BCUT2D eigenvalue weighted by Crippen LogP contribution is -2.34. The standard InChI is InChI=1S/C10H22N2O2/c1-9(8-13)12-10(14)6-4-2-3-5-7-11/h9,13H,2-8,11H2,1H3,(H,12,14)/t9-/m1/s1. The summed E-state index contributed by atoms with van der Waals surface area (Å²) in [5.74, 6) is 0.0271. The highest BCUT2D eigenvalue weighted by Crippen LogP contribution is 2.02. The minimum atomic E-state index is -0.133. The van der Waals surface area contributed by atoms with Crippen molar-refractivity contribution in [3.63, 3.8) is 0 Å². The largest absolute Gasteiger partial charge is 0.394 e. The van der Waals surface area contributed by atoms with Gasteiger partial charge in [0.15, 0.2) is 0 Å². The molecule has 1 atom stereocenters. The fourth-order valence-electron chi connectivity index (χ4n) is 1.18. The minimum Gasteiger partial charge on any atom is -0.394 e. The molecule has 0 saturated carbocycles. The highest BCUT2D eigenvalue weighted by Gasteiger charge is 2.04. The van der Waals surface area contributed by atoms with Crippen molar-refractivity contribution in [3.05, 3.63) is 0 Å². The number of aliphatic hydroxyl groups is 1. The highest BCUT2D eigenvalue weighted by atomic mass is 16.3. The number of amides is 1. The van der Waals surface area contributed by atoms with E-state index in [9.17, 15) is 4.79 Å². The Morgan fingerprint density at radius 2 is 2.00 bits per heavy atom. The molecule has 0 aromatic carbocycles. The van der Waals surface area contributed by atoms with E-state index in [4.69, 9.17) is 10.8 Å². The predicted octanol–water partition coefficient (Wildman–Crippen LogP) is 0.393. The molecule has 0 aliphatic rings. The van der Waals surface area contributed by atoms with Crippen molar-refractivity contribution in [2.75, 3.05) is 13.2 Å². The van der Waals surface area contributed by atoms with Gasteiger partial charge in [-0.05, 0) is 26.3 Å². The molecule has 84 valence electrons. The minimum absolute atomic E-state index is 0.00108. The third-order valence-corrected chi connectivity index (χ3v) is 2.04. The molecular formula is C10H22N2O2. The van der Waals surface area contributed by atoms with Crippen LogP contribution in [-0.2, 0) is 4.79 Å². The number of rotatable bonds is 8. The van der Waals surface area contributed by atoms with E-state index in [-0.39, 0.29) is 18.6 Å². The van der Waals surface area contributed by atoms with Crippen LogP contribution >= 0.6 is 0 Å². The van der Waals surface area contributed by atoms with E-state index in [1.165, 1.54) is 0 Å². The molecule has 14 heavy (non-hydrogen) atoms. The Bertz CT molecular complexity index is 151. The second-order valence-electron chi connectivity index (χ2n) is 3.60. The first kappa shape index (κ1) is 13.4. The summed E-state index contributed by atoms with van der Waals surface area (Å²) < 4.78 is 0. The van der Waals surface area contributed by atoms with Gasteiger partial charge in [-0.2, -0.15) is 0 Å². The van der Waals surface area contributed by atoms with Crippen molar-refractivity contribution in [1.82, 2.24) is 5.32 Å². The van der Waals surface area contributed by atoms with Gasteiger partial charge in [0.2, 0.25) is 5.91 Å². The van der Waals surface area contributed by atoms with Gasteiger partial charge in [0.25, 0.3) is 0 Å². The summed E-state index contributed by atoms with van der Waals surface area (Å²) in [5, 5.41) is 11.4. The van der Waals surface area contributed by atoms with Crippen LogP contribution in [0.15, 0.2) is 0 Å². The van der Waals surface area contributed by atoms with Gasteiger partial charge in [-0.25, -0.2) is 0 Å². The Labute approximate surface area is 85.9 Å². The fraction of sp³-hybridized carbons (Fsp3) is 0.900. The van der Waals surface area contributed by atoms with Crippen molar-refractivity contribution in [3.8, 4) is 0 Å². The third-order valence-electron chi connectivity index (χ3n) is 2.04. The lowest BCUT2D eigenvalue weighted by Gasteiger charge is -2.10. The molecule has 0 aliphatic heterocycles. The van der Waals surface area contributed by atoms with Crippen LogP contribution in [-0.4, -0.2) is 30.2 Å². The van der Waals surface area contributed by atoms with Gasteiger partial charge in [-0.1, -0.05) is 12.8 Å². The summed E-state index contributed by atoms with van der Waals surface area (Å²) in [6.45, 7) is 2.51. The Hall–Kier alpha value is -0.610. The summed E-state index contributed by atoms with van der Waals surface area (Å²) in [6, 6.07) is -0.133. The molecule has 0 saturated heterocycles. The van der Waals surface area contributed by atoms with Gasteiger partial charge in [0.1, 0.15) is 0 Å². The number of unbranched alkanes of at least 4 members (excludes halogenated alkanes) is 3. The number of hydrogen-bond donors (Lipinski definition) is 3. The maximum atomic E-state index is 11.2. The Morgan fingerprint density at radius 1 is 1.36 bits per heavy atom. The van der Waals surface area contributed by atoms with E-state index >= 15 is 0 Å². The van der Waals surface area contributed by atoms with Crippen LogP contribution in [0, 0.1) is 0 Å². The van der Waals surface area contributed by atoms with E-state index in [1.54, 1.807) is 6.92 Å². The lowest BCUT2D eigenvalue weighted by atomic mass is 10.1. The Balaban J connectivity index is 3.27. The van der Waals surface area contributed by atoms with Crippen molar-refractivity contribution >= 4 is 5.91 Å². The van der Waals surface area contributed by atoms with Gasteiger partial charge >= 0.3 is 0 Å². The number of nitrogens with one attached hydrogen (secondary N) is 1. The first-order valence-electron chi connectivity index (χ1n) is 5.31. The predicted molar refractivity (Wildman–Crippen MR) is 56.8 cm³/mol. The summed E-state index contributed by atoms with van der Waals surface area (Å²) in [5.41, 5.74) is 5.35. The van der Waals surface area contributed by atoms with Gasteiger partial charge in [-0.3, -0.25) is 4.79 Å². The molecular weight excluding hydrogens is 180 g/mol. The van der Waals surface area contributed by atoms with Gasteiger partial charge in [0, 0.05) is 12.5 Å².